The number of carbonyl (C=O) groups is 3. The van der Waals surface area contributed by atoms with Gasteiger partial charge in [-0.1, -0.05) is 206 Å². The average molecular weight is 727 g/mol. The number of carbonyl (C=O) groups excluding carboxylic acids is 3. The molecule has 0 saturated heterocycles. The number of benzene rings is 1. The largest absolute Gasteiger partial charge is 0.463 e. The molecule has 0 bridgehead atoms. The minimum Gasteiger partial charge on any atom is -0.463 e. The van der Waals surface area contributed by atoms with Crippen molar-refractivity contribution in [3.05, 3.63) is 73.5 Å². The maximum Gasteiger partial charge on any atom is 0.342 e. The smallest absolute Gasteiger partial charge is 0.342 e. The molecule has 0 aromatic heterocycles. The molecule has 0 fully saturated rings. The summed E-state index contributed by atoms with van der Waals surface area (Å²) < 4.78 is 14.5. The van der Waals surface area contributed by atoms with Crippen molar-refractivity contribution >= 4 is 17.9 Å². The number of hydrogen-bond donors (Lipinski definition) is 0. The van der Waals surface area contributed by atoms with Crippen LogP contribution in [0.4, 0.5) is 0 Å². The predicted molar refractivity (Wildman–Crippen MR) is 220 cm³/mol. The highest BCUT2D eigenvalue weighted by Crippen LogP contribution is 2.15. The zero-order valence-corrected chi connectivity index (χ0v) is 33.9. The monoisotopic (exact) mass is 727 g/mol. The Hall–Kier alpha value is -3.15. The molecule has 0 heterocycles. The Bertz CT molecular complexity index is 986. The van der Waals surface area contributed by atoms with E-state index in [1.54, 1.807) is 31.2 Å². The predicted octanol–water partition coefficient (Wildman–Crippen LogP) is 14.0. The average Bonchev–Trinajstić information content (AvgIpc) is 3.15. The van der Waals surface area contributed by atoms with Gasteiger partial charge in [-0.15, -0.1) is 0 Å². The van der Waals surface area contributed by atoms with E-state index >= 15 is 0 Å². The molecule has 0 aliphatic carbocycles. The van der Waals surface area contributed by atoms with E-state index in [0.29, 0.717) is 24.4 Å². The van der Waals surface area contributed by atoms with Crippen molar-refractivity contribution in [1.82, 2.24) is 0 Å². The van der Waals surface area contributed by atoms with Gasteiger partial charge in [0, 0.05) is 11.6 Å². The number of unbranched alkanes of at least 4 members (excludes halogenated alkanes) is 24. The Balaban J connectivity index is 0. The lowest BCUT2D eigenvalue weighted by molar-refractivity contribution is -0.139. The summed E-state index contributed by atoms with van der Waals surface area (Å²) in [7, 11) is 0. The van der Waals surface area contributed by atoms with E-state index in [9.17, 15) is 14.4 Å². The summed E-state index contributed by atoms with van der Waals surface area (Å²) >= 11 is 0. The summed E-state index contributed by atoms with van der Waals surface area (Å²) in [6.07, 6.45) is 37.3. The van der Waals surface area contributed by atoms with Crippen LogP contribution in [0.25, 0.3) is 0 Å². The van der Waals surface area contributed by atoms with Crippen LogP contribution in [0.3, 0.4) is 0 Å². The summed E-state index contributed by atoms with van der Waals surface area (Å²) in [5.74, 6) is -0.938. The third kappa shape index (κ3) is 39.6. The van der Waals surface area contributed by atoms with Gasteiger partial charge in [-0.3, -0.25) is 0 Å². The van der Waals surface area contributed by atoms with E-state index in [1.165, 1.54) is 154 Å². The minimum absolute atomic E-state index is 0.265. The highest BCUT2D eigenvalue weighted by molar-refractivity contribution is 5.89. The maximum absolute atomic E-state index is 11.0. The Labute approximate surface area is 320 Å². The first kappa shape index (κ1) is 51.0. The van der Waals surface area contributed by atoms with Gasteiger partial charge in [0.2, 0.25) is 0 Å². The lowest BCUT2D eigenvalue weighted by atomic mass is 10.0. The third-order valence-electron chi connectivity index (χ3n) is 8.69. The van der Waals surface area contributed by atoms with Gasteiger partial charge in [0.25, 0.3) is 0 Å². The molecule has 1 aromatic carbocycles. The third-order valence-corrected chi connectivity index (χ3v) is 8.69. The molecule has 0 aliphatic heterocycles. The highest BCUT2D eigenvalue weighted by Gasteiger charge is 2.03. The molecule has 0 atom stereocenters. The summed E-state index contributed by atoms with van der Waals surface area (Å²) in [5, 5.41) is 0. The van der Waals surface area contributed by atoms with Crippen molar-refractivity contribution in [2.24, 2.45) is 0 Å². The van der Waals surface area contributed by atoms with E-state index in [2.05, 4.69) is 38.3 Å². The van der Waals surface area contributed by atoms with Gasteiger partial charge in [-0.25, -0.2) is 14.4 Å². The van der Waals surface area contributed by atoms with Crippen LogP contribution in [-0.2, 0) is 23.8 Å². The SMILES string of the molecule is C=C(C)C(=O)OCCCCCCCC.C=CC(=O)OCCCCCCCCCCCCCCCCCCCCCC.C=COC(=O)c1ccccc1. The summed E-state index contributed by atoms with van der Waals surface area (Å²) in [4.78, 5) is 32.8. The molecule has 6 heteroatoms. The van der Waals surface area contributed by atoms with E-state index < -0.39 is 0 Å². The Kier molecular flexibility index (Phi) is 41.4. The topological polar surface area (TPSA) is 78.9 Å². The van der Waals surface area contributed by atoms with E-state index in [-0.39, 0.29) is 17.9 Å². The Morgan fingerprint density at radius 2 is 0.885 bits per heavy atom. The van der Waals surface area contributed by atoms with Crippen molar-refractivity contribution in [1.29, 1.82) is 0 Å². The normalized spacial score (nSPS) is 10.1. The van der Waals surface area contributed by atoms with Crippen molar-refractivity contribution in [2.75, 3.05) is 13.2 Å². The van der Waals surface area contributed by atoms with Gasteiger partial charge in [0.05, 0.1) is 25.0 Å². The van der Waals surface area contributed by atoms with E-state index in [4.69, 9.17) is 9.47 Å². The molecule has 0 N–H and O–H groups in total. The van der Waals surface area contributed by atoms with Crippen molar-refractivity contribution in [2.45, 2.75) is 188 Å². The van der Waals surface area contributed by atoms with Crippen LogP contribution in [0, 0.1) is 0 Å². The second-order valence-electron chi connectivity index (χ2n) is 13.7. The number of esters is 3. The fourth-order valence-corrected chi connectivity index (χ4v) is 5.48. The van der Waals surface area contributed by atoms with Gasteiger partial charge in [-0.05, 0) is 31.9 Å². The van der Waals surface area contributed by atoms with Crippen LogP contribution in [0.5, 0.6) is 0 Å². The Morgan fingerprint density at radius 3 is 1.21 bits per heavy atom. The molecular formula is C46H78O6. The van der Waals surface area contributed by atoms with Crippen LogP contribution in [0.15, 0.2) is 68.0 Å². The molecule has 0 unspecified atom stereocenters. The highest BCUT2D eigenvalue weighted by atomic mass is 16.5. The molecular weight excluding hydrogens is 649 g/mol. The van der Waals surface area contributed by atoms with Gasteiger partial charge in [0.15, 0.2) is 0 Å². The quantitative estimate of drug-likeness (QED) is 0.0242. The second kappa shape index (κ2) is 42.3. The molecule has 6 nitrogen and oxygen atoms in total. The van der Waals surface area contributed by atoms with Crippen molar-refractivity contribution < 1.29 is 28.6 Å². The van der Waals surface area contributed by atoms with Crippen LogP contribution in [0.2, 0.25) is 0 Å². The zero-order chi connectivity index (χ0) is 38.8. The molecule has 0 saturated carbocycles. The van der Waals surface area contributed by atoms with Gasteiger partial charge < -0.3 is 14.2 Å². The molecule has 0 radical (unpaired) electrons. The minimum atomic E-state index is -0.374. The summed E-state index contributed by atoms with van der Waals surface area (Å²) in [6, 6.07) is 8.77. The molecule has 0 amide bonds. The maximum atomic E-state index is 11.0. The first-order valence-electron chi connectivity index (χ1n) is 20.8. The molecule has 1 aromatic rings. The fraction of sp³-hybridized carbons (Fsp3) is 0.674. The van der Waals surface area contributed by atoms with Crippen LogP contribution >= 0.6 is 0 Å². The van der Waals surface area contributed by atoms with Gasteiger partial charge >= 0.3 is 17.9 Å². The number of rotatable bonds is 32. The number of ether oxygens (including phenoxy) is 3. The summed E-state index contributed by atoms with van der Waals surface area (Å²) in [5.41, 5.74) is 1.02. The van der Waals surface area contributed by atoms with E-state index in [0.717, 1.165) is 25.5 Å². The van der Waals surface area contributed by atoms with Gasteiger partial charge in [-0.2, -0.15) is 0 Å². The standard InChI is InChI=1S/C25H48O2.C12H22O2.C9H8O2/c1-3-5-6-7-8-9-10-11-12-13-14-15-16-17-18-19-20-21-22-23-24-27-25(26)4-2;1-4-5-6-7-8-9-10-14-12(13)11(2)3;1-2-11-9(10)8-6-4-3-5-7-8/h4H,2-3,5-24H2,1H3;2,4-10H2,1,3H3;2-7H,1H2. The van der Waals surface area contributed by atoms with Gasteiger partial charge in [0.1, 0.15) is 0 Å². The van der Waals surface area contributed by atoms with Crippen LogP contribution in [-0.4, -0.2) is 31.1 Å². The van der Waals surface area contributed by atoms with E-state index in [1.807, 2.05) is 6.07 Å². The first-order valence-corrected chi connectivity index (χ1v) is 20.8. The second-order valence-corrected chi connectivity index (χ2v) is 13.7. The van der Waals surface area contributed by atoms with Crippen molar-refractivity contribution in [3.8, 4) is 0 Å². The zero-order valence-electron chi connectivity index (χ0n) is 33.9. The fourth-order valence-electron chi connectivity index (χ4n) is 5.48. The van der Waals surface area contributed by atoms with Crippen LogP contribution in [0.1, 0.15) is 198 Å². The lowest BCUT2D eigenvalue weighted by Crippen LogP contribution is -2.05. The molecule has 52 heavy (non-hydrogen) atoms. The molecule has 0 spiro atoms. The Morgan fingerprint density at radius 1 is 0.538 bits per heavy atom. The van der Waals surface area contributed by atoms with Crippen molar-refractivity contribution in [3.63, 3.8) is 0 Å². The molecule has 0 aliphatic rings. The molecule has 1 rings (SSSR count). The summed E-state index contributed by atoms with van der Waals surface area (Å²) in [6.45, 7) is 17.4. The lowest BCUT2D eigenvalue weighted by Gasteiger charge is -2.04. The first-order chi connectivity index (χ1) is 25.3. The van der Waals surface area contributed by atoms with Crippen LogP contribution < -0.4 is 0 Å². The number of hydrogen-bond acceptors (Lipinski definition) is 6. The molecule has 298 valence electrons.